The number of rotatable bonds is 3. The molecule has 0 N–H and O–H groups in total. The molecule has 0 fully saturated rings. The molecule has 0 radical (unpaired) electrons. The zero-order valence-corrected chi connectivity index (χ0v) is 21.0. The molecule has 2 heterocycles. The molecule has 0 aliphatic rings. The minimum absolute atomic E-state index is 0.846. The van der Waals surface area contributed by atoms with Gasteiger partial charge in [0.1, 0.15) is 11.2 Å². The van der Waals surface area contributed by atoms with Gasteiger partial charge in [0.15, 0.2) is 0 Å². The third-order valence-corrected chi connectivity index (χ3v) is 7.49. The fourth-order valence-electron chi connectivity index (χ4n) is 5.72. The summed E-state index contributed by atoms with van der Waals surface area (Å²) >= 11 is 0. The minimum Gasteiger partial charge on any atom is -0.456 e. The Balaban J connectivity index is 1.48. The lowest BCUT2D eigenvalue weighted by atomic mass is 9.92. The molecule has 8 rings (SSSR count). The quantitative estimate of drug-likeness (QED) is 0.243. The van der Waals surface area contributed by atoms with Crippen LogP contribution in [0.15, 0.2) is 138 Å². The third-order valence-electron chi connectivity index (χ3n) is 7.49. The van der Waals surface area contributed by atoms with Gasteiger partial charge in [0.05, 0.1) is 22.4 Å². The van der Waals surface area contributed by atoms with E-state index in [-0.39, 0.29) is 0 Å². The maximum Gasteiger partial charge on any atom is 0.136 e. The van der Waals surface area contributed by atoms with E-state index in [9.17, 15) is 0 Å². The standard InChI is InChI=1S/C36H22N2O/c1-2-11-23(12-3-1)24-21-22-27(26-14-5-4-13-25(24)26)35-36(38-31-18-8-7-17-30(31)37-35)29-16-10-20-33-34(29)28-15-6-9-19-32(28)39-33/h1-22H. The first-order valence-electron chi connectivity index (χ1n) is 13.1. The van der Waals surface area contributed by atoms with Crippen molar-refractivity contribution in [3.8, 4) is 33.6 Å². The van der Waals surface area contributed by atoms with Crippen LogP contribution in [0.25, 0.3) is 77.4 Å². The molecule has 0 amide bonds. The largest absolute Gasteiger partial charge is 0.456 e. The number of aromatic nitrogens is 2. The molecule has 3 heteroatoms. The predicted molar refractivity (Wildman–Crippen MR) is 161 cm³/mol. The first-order valence-corrected chi connectivity index (χ1v) is 13.1. The van der Waals surface area contributed by atoms with E-state index in [2.05, 4.69) is 84.9 Å². The van der Waals surface area contributed by atoms with Crippen molar-refractivity contribution in [1.29, 1.82) is 0 Å². The molecule has 0 spiro atoms. The summed E-state index contributed by atoms with van der Waals surface area (Å²) in [6.45, 7) is 0. The summed E-state index contributed by atoms with van der Waals surface area (Å²) in [6, 6.07) is 46.0. The van der Waals surface area contributed by atoms with Gasteiger partial charge in [0.25, 0.3) is 0 Å². The van der Waals surface area contributed by atoms with E-state index >= 15 is 0 Å². The van der Waals surface area contributed by atoms with Crippen molar-refractivity contribution in [2.75, 3.05) is 0 Å². The maximum atomic E-state index is 6.23. The average molecular weight is 499 g/mol. The van der Waals surface area contributed by atoms with Crippen molar-refractivity contribution < 1.29 is 4.42 Å². The topological polar surface area (TPSA) is 38.9 Å². The first kappa shape index (κ1) is 21.8. The van der Waals surface area contributed by atoms with Crippen LogP contribution in [0.2, 0.25) is 0 Å². The third kappa shape index (κ3) is 3.44. The van der Waals surface area contributed by atoms with Gasteiger partial charge in [-0.15, -0.1) is 0 Å². The van der Waals surface area contributed by atoms with Gasteiger partial charge >= 0.3 is 0 Å². The molecule has 182 valence electrons. The van der Waals surface area contributed by atoms with E-state index in [0.29, 0.717) is 0 Å². The highest BCUT2D eigenvalue weighted by atomic mass is 16.3. The Morgan fingerprint density at radius 2 is 0.949 bits per heavy atom. The molecule has 6 aromatic carbocycles. The van der Waals surface area contributed by atoms with Crippen molar-refractivity contribution in [1.82, 2.24) is 9.97 Å². The van der Waals surface area contributed by atoms with Crippen LogP contribution in [0, 0.1) is 0 Å². The van der Waals surface area contributed by atoms with E-state index in [1.54, 1.807) is 0 Å². The number of para-hydroxylation sites is 3. The van der Waals surface area contributed by atoms with Gasteiger partial charge in [-0.1, -0.05) is 109 Å². The Bertz CT molecular complexity index is 2180. The van der Waals surface area contributed by atoms with Crippen LogP contribution in [0.4, 0.5) is 0 Å². The lowest BCUT2D eigenvalue weighted by Gasteiger charge is -2.15. The number of hydrogen-bond acceptors (Lipinski definition) is 3. The minimum atomic E-state index is 0.846. The smallest absolute Gasteiger partial charge is 0.136 e. The zero-order valence-electron chi connectivity index (χ0n) is 21.0. The molecule has 0 aliphatic carbocycles. The normalized spacial score (nSPS) is 11.6. The van der Waals surface area contributed by atoms with Gasteiger partial charge < -0.3 is 4.42 Å². The summed E-state index contributed by atoms with van der Waals surface area (Å²) in [5, 5.41) is 4.47. The molecule has 3 nitrogen and oxygen atoms in total. The Hall–Kier alpha value is -5.28. The highest BCUT2D eigenvalue weighted by Crippen LogP contribution is 2.42. The number of hydrogen-bond donors (Lipinski definition) is 0. The molecule has 8 aromatic rings. The molecule has 0 saturated heterocycles. The highest BCUT2D eigenvalue weighted by Gasteiger charge is 2.20. The number of furan rings is 1. The molecule has 39 heavy (non-hydrogen) atoms. The Morgan fingerprint density at radius 1 is 0.385 bits per heavy atom. The van der Waals surface area contributed by atoms with Crippen LogP contribution in [-0.2, 0) is 0 Å². The predicted octanol–water partition coefficient (Wildman–Crippen LogP) is 9.68. The van der Waals surface area contributed by atoms with Crippen molar-refractivity contribution in [2.45, 2.75) is 0 Å². The van der Waals surface area contributed by atoms with Gasteiger partial charge in [-0.3, -0.25) is 0 Å². The summed E-state index contributed by atoms with van der Waals surface area (Å²) in [5.41, 5.74) is 9.64. The van der Waals surface area contributed by atoms with Gasteiger partial charge in [-0.2, -0.15) is 0 Å². The molecule has 0 atom stereocenters. The fraction of sp³-hybridized carbons (Fsp3) is 0. The number of benzene rings is 6. The second-order valence-electron chi connectivity index (χ2n) is 9.76. The van der Waals surface area contributed by atoms with Crippen molar-refractivity contribution in [3.63, 3.8) is 0 Å². The van der Waals surface area contributed by atoms with Gasteiger partial charge in [0, 0.05) is 21.9 Å². The molecule has 0 saturated carbocycles. The summed E-state index contributed by atoms with van der Waals surface area (Å²) in [7, 11) is 0. The monoisotopic (exact) mass is 498 g/mol. The SMILES string of the molecule is c1ccc(-c2ccc(-c3nc4ccccc4nc3-c3cccc4oc5ccccc5c34)c3ccccc23)cc1. The summed E-state index contributed by atoms with van der Waals surface area (Å²) < 4.78 is 6.23. The van der Waals surface area contributed by atoms with Crippen LogP contribution in [0.3, 0.4) is 0 Å². The summed E-state index contributed by atoms with van der Waals surface area (Å²) in [4.78, 5) is 10.5. The number of fused-ring (bicyclic) bond motifs is 5. The second kappa shape index (κ2) is 8.64. The van der Waals surface area contributed by atoms with E-state index in [1.165, 1.54) is 16.5 Å². The second-order valence-corrected chi connectivity index (χ2v) is 9.76. The highest BCUT2D eigenvalue weighted by molar-refractivity contribution is 6.14. The van der Waals surface area contributed by atoms with Crippen molar-refractivity contribution in [2.24, 2.45) is 0 Å². The van der Waals surface area contributed by atoms with Gasteiger partial charge in [-0.05, 0) is 46.2 Å². The van der Waals surface area contributed by atoms with E-state index in [1.807, 2.05) is 48.5 Å². The molecule has 2 aromatic heterocycles. The zero-order chi connectivity index (χ0) is 25.8. The Morgan fingerprint density at radius 3 is 1.72 bits per heavy atom. The average Bonchev–Trinajstić information content (AvgIpc) is 3.39. The fourth-order valence-corrected chi connectivity index (χ4v) is 5.72. The lowest BCUT2D eigenvalue weighted by molar-refractivity contribution is 0.669. The maximum absolute atomic E-state index is 6.23. The molecular formula is C36H22N2O. The van der Waals surface area contributed by atoms with Crippen LogP contribution < -0.4 is 0 Å². The molecule has 0 aliphatic heterocycles. The first-order chi connectivity index (χ1) is 19.3. The summed E-state index contributed by atoms with van der Waals surface area (Å²) in [6.07, 6.45) is 0. The Kier molecular flexibility index (Phi) is 4.82. The van der Waals surface area contributed by atoms with Crippen LogP contribution in [0.1, 0.15) is 0 Å². The van der Waals surface area contributed by atoms with E-state index in [4.69, 9.17) is 14.4 Å². The lowest BCUT2D eigenvalue weighted by Crippen LogP contribution is -1.97. The Labute approximate surface area is 225 Å². The van der Waals surface area contributed by atoms with Crippen LogP contribution in [-0.4, -0.2) is 9.97 Å². The van der Waals surface area contributed by atoms with Gasteiger partial charge in [0.2, 0.25) is 0 Å². The van der Waals surface area contributed by atoms with Crippen molar-refractivity contribution in [3.05, 3.63) is 133 Å². The summed E-state index contributed by atoms with van der Waals surface area (Å²) in [5.74, 6) is 0. The number of nitrogens with zero attached hydrogens (tertiary/aromatic N) is 2. The molecular weight excluding hydrogens is 476 g/mol. The molecule has 0 unspecified atom stereocenters. The van der Waals surface area contributed by atoms with Crippen LogP contribution in [0.5, 0.6) is 0 Å². The molecule has 0 bridgehead atoms. The van der Waals surface area contributed by atoms with Gasteiger partial charge in [-0.25, -0.2) is 9.97 Å². The van der Waals surface area contributed by atoms with Crippen LogP contribution >= 0.6 is 0 Å². The van der Waals surface area contributed by atoms with E-state index < -0.39 is 0 Å². The van der Waals surface area contributed by atoms with E-state index in [0.717, 1.165) is 60.9 Å². The van der Waals surface area contributed by atoms with Crippen molar-refractivity contribution >= 4 is 43.7 Å².